The van der Waals surface area contributed by atoms with E-state index < -0.39 is 6.49 Å². The summed E-state index contributed by atoms with van der Waals surface area (Å²) in [5.74, 6) is 0. The van der Waals surface area contributed by atoms with E-state index in [2.05, 4.69) is 0 Å². The molecule has 2 aromatic carbocycles. The van der Waals surface area contributed by atoms with Crippen molar-refractivity contribution >= 4 is 39.7 Å². The Balaban J connectivity index is 2.34. The third kappa shape index (κ3) is 3.42. The van der Waals surface area contributed by atoms with Crippen LogP contribution in [-0.2, 0) is 4.57 Å². The molecule has 0 aliphatic heterocycles. The summed E-state index contributed by atoms with van der Waals surface area (Å²) in [6.07, 6.45) is 0. The minimum atomic E-state index is -3.06. The first-order valence-corrected chi connectivity index (χ1v) is 9.29. The Labute approximate surface area is 131 Å². The SMILES string of the molecule is CN(C)c1ccc(P(=O)(Cl)c2ccc(N(C)C)cc2)cc1. The van der Waals surface area contributed by atoms with Crippen LogP contribution in [0.2, 0.25) is 0 Å². The second-order valence-corrected chi connectivity index (χ2v) is 8.88. The highest BCUT2D eigenvalue weighted by molar-refractivity contribution is 8.00. The quantitative estimate of drug-likeness (QED) is 0.807. The van der Waals surface area contributed by atoms with Crippen molar-refractivity contribution in [2.24, 2.45) is 0 Å². The fourth-order valence-corrected chi connectivity index (χ4v) is 4.07. The molecule has 0 bridgehead atoms. The first-order chi connectivity index (χ1) is 9.82. The van der Waals surface area contributed by atoms with E-state index in [0.717, 1.165) is 11.4 Å². The smallest absolute Gasteiger partial charge is 0.225 e. The average Bonchev–Trinajstić information content (AvgIpc) is 2.47. The van der Waals surface area contributed by atoms with Crippen molar-refractivity contribution in [3.63, 3.8) is 0 Å². The van der Waals surface area contributed by atoms with E-state index >= 15 is 0 Å². The van der Waals surface area contributed by atoms with Crippen LogP contribution in [0.25, 0.3) is 0 Å². The van der Waals surface area contributed by atoms with Crippen LogP contribution < -0.4 is 20.4 Å². The zero-order chi connectivity index (χ0) is 15.6. The lowest BCUT2D eigenvalue weighted by molar-refractivity contribution is 0.595. The van der Waals surface area contributed by atoms with E-state index in [1.165, 1.54) is 0 Å². The summed E-state index contributed by atoms with van der Waals surface area (Å²) in [4.78, 5) is 3.99. The maximum atomic E-state index is 12.9. The fourth-order valence-electron chi connectivity index (χ4n) is 2.03. The molecule has 0 N–H and O–H groups in total. The lowest BCUT2D eigenvalue weighted by Gasteiger charge is -2.17. The Morgan fingerprint density at radius 2 is 1.00 bits per heavy atom. The molecule has 0 saturated carbocycles. The zero-order valence-corrected chi connectivity index (χ0v) is 14.4. The number of anilines is 2. The van der Waals surface area contributed by atoms with Gasteiger partial charge in [-0.1, -0.05) is 0 Å². The van der Waals surface area contributed by atoms with Gasteiger partial charge in [-0.15, -0.1) is 0 Å². The second kappa shape index (κ2) is 6.13. The lowest BCUT2D eigenvalue weighted by atomic mass is 10.3. The van der Waals surface area contributed by atoms with Crippen molar-refractivity contribution in [2.45, 2.75) is 0 Å². The fraction of sp³-hybridized carbons (Fsp3) is 0.250. The lowest BCUT2D eigenvalue weighted by Crippen LogP contribution is -2.15. The average molecular weight is 323 g/mol. The molecule has 0 fully saturated rings. The van der Waals surface area contributed by atoms with Crippen LogP contribution in [0.15, 0.2) is 48.5 Å². The standard InChI is InChI=1S/C16H20ClN2OP/c1-18(2)13-5-9-15(10-6-13)21(17,20)16-11-7-14(8-12-16)19(3)4/h5-12H,1-4H3. The monoisotopic (exact) mass is 322 g/mol. The van der Waals surface area contributed by atoms with Crippen LogP contribution in [0.4, 0.5) is 11.4 Å². The Bertz CT molecular complexity index is 595. The van der Waals surface area contributed by atoms with Crippen molar-refractivity contribution < 1.29 is 4.57 Å². The van der Waals surface area contributed by atoms with Gasteiger partial charge < -0.3 is 9.80 Å². The number of rotatable bonds is 4. The van der Waals surface area contributed by atoms with Crippen LogP contribution >= 0.6 is 17.7 Å². The maximum absolute atomic E-state index is 12.9. The van der Waals surface area contributed by atoms with E-state index in [1.807, 2.05) is 86.5 Å². The van der Waals surface area contributed by atoms with Gasteiger partial charge in [0.1, 0.15) is 0 Å². The van der Waals surface area contributed by atoms with Gasteiger partial charge in [0.15, 0.2) is 0 Å². The summed E-state index contributed by atoms with van der Waals surface area (Å²) >= 11 is 6.38. The predicted molar refractivity (Wildman–Crippen MR) is 94.3 cm³/mol. The highest BCUT2D eigenvalue weighted by Gasteiger charge is 2.24. The summed E-state index contributed by atoms with van der Waals surface area (Å²) in [6, 6.07) is 15.1. The van der Waals surface area contributed by atoms with Gasteiger partial charge in [0.25, 0.3) is 0 Å². The molecule has 0 spiro atoms. The first kappa shape index (κ1) is 15.9. The van der Waals surface area contributed by atoms with E-state index in [1.54, 1.807) is 0 Å². The van der Waals surface area contributed by atoms with Gasteiger partial charge in [0.05, 0.1) is 0 Å². The maximum Gasteiger partial charge on any atom is 0.225 e. The molecule has 2 rings (SSSR count). The molecule has 0 saturated heterocycles. The summed E-state index contributed by atoms with van der Waals surface area (Å²) < 4.78 is 12.9. The number of hydrogen-bond donors (Lipinski definition) is 0. The van der Waals surface area contributed by atoms with Crippen LogP contribution in [0.1, 0.15) is 0 Å². The minimum absolute atomic E-state index is 0.660. The van der Waals surface area contributed by atoms with Crippen LogP contribution in [-0.4, -0.2) is 28.2 Å². The van der Waals surface area contributed by atoms with Gasteiger partial charge in [-0.2, -0.15) is 0 Å². The molecule has 0 amide bonds. The van der Waals surface area contributed by atoms with Crippen molar-refractivity contribution in [3.8, 4) is 0 Å². The van der Waals surface area contributed by atoms with Gasteiger partial charge >= 0.3 is 0 Å². The molecular weight excluding hydrogens is 303 g/mol. The predicted octanol–water partition coefficient (Wildman–Crippen LogP) is 3.29. The van der Waals surface area contributed by atoms with Crippen molar-refractivity contribution in [3.05, 3.63) is 48.5 Å². The molecule has 0 unspecified atom stereocenters. The molecule has 0 aliphatic carbocycles. The molecule has 0 heterocycles. The molecule has 3 nitrogen and oxygen atoms in total. The summed E-state index contributed by atoms with van der Waals surface area (Å²) in [6.45, 7) is -3.06. The molecule has 5 heteroatoms. The molecule has 0 aliphatic rings. The van der Waals surface area contributed by atoms with Crippen LogP contribution in [0.3, 0.4) is 0 Å². The van der Waals surface area contributed by atoms with Gasteiger partial charge in [-0.05, 0) is 59.8 Å². The normalized spacial score (nSPS) is 11.3. The topological polar surface area (TPSA) is 23.6 Å². The van der Waals surface area contributed by atoms with E-state index in [4.69, 9.17) is 11.2 Å². The van der Waals surface area contributed by atoms with Crippen molar-refractivity contribution in [2.75, 3.05) is 38.0 Å². The largest absolute Gasteiger partial charge is 0.378 e. The molecule has 21 heavy (non-hydrogen) atoms. The summed E-state index contributed by atoms with van der Waals surface area (Å²) in [7, 11) is 7.87. The van der Waals surface area contributed by atoms with Gasteiger partial charge in [-0.3, -0.25) is 4.57 Å². The van der Waals surface area contributed by atoms with Gasteiger partial charge in [0.2, 0.25) is 6.49 Å². The Morgan fingerprint density at radius 3 is 1.24 bits per heavy atom. The summed E-state index contributed by atoms with van der Waals surface area (Å²) in [5.41, 5.74) is 2.11. The van der Waals surface area contributed by atoms with Crippen LogP contribution in [0, 0.1) is 0 Å². The van der Waals surface area contributed by atoms with Gasteiger partial charge in [-0.25, -0.2) is 0 Å². The molecule has 112 valence electrons. The Hall–Kier alpha value is -1.44. The number of nitrogens with zero attached hydrogens (tertiary/aromatic N) is 2. The van der Waals surface area contributed by atoms with Crippen molar-refractivity contribution in [1.29, 1.82) is 0 Å². The Morgan fingerprint density at radius 1 is 0.714 bits per heavy atom. The molecule has 2 aromatic rings. The van der Waals surface area contributed by atoms with E-state index in [0.29, 0.717) is 10.6 Å². The minimum Gasteiger partial charge on any atom is -0.378 e. The number of hydrogen-bond acceptors (Lipinski definition) is 3. The number of halogens is 1. The van der Waals surface area contributed by atoms with Crippen molar-refractivity contribution in [1.82, 2.24) is 0 Å². The molecule has 0 atom stereocenters. The van der Waals surface area contributed by atoms with Crippen LogP contribution in [0.5, 0.6) is 0 Å². The third-order valence-corrected chi connectivity index (χ3v) is 6.49. The van der Waals surface area contributed by atoms with Gasteiger partial charge in [0, 0.05) is 50.2 Å². The molecule has 0 aromatic heterocycles. The van der Waals surface area contributed by atoms with E-state index in [9.17, 15) is 4.57 Å². The third-order valence-electron chi connectivity index (χ3n) is 3.40. The molecule has 0 radical (unpaired) electrons. The zero-order valence-electron chi connectivity index (χ0n) is 12.7. The molecular formula is C16H20ClN2OP. The Kier molecular flexibility index (Phi) is 4.65. The highest BCUT2D eigenvalue weighted by atomic mass is 35.7. The first-order valence-electron chi connectivity index (χ1n) is 6.68. The van der Waals surface area contributed by atoms with E-state index in [-0.39, 0.29) is 0 Å². The highest BCUT2D eigenvalue weighted by Crippen LogP contribution is 2.49. The number of benzene rings is 2. The second-order valence-electron chi connectivity index (χ2n) is 5.35. The summed E-state index contributed by atoms with van der Waals surface area (Å²) in [5, 5.41) is 1.32.